The molecule has 0 saturated heterocycles. The highest BCUT2D eigenvalue weighted by Crippen LogP contribution is 2.27. The molecular weight excluding hydrogens is 244 g/mol. The summed E-state index contributed by atoms with van der Waals surface area (Å²) in [6.07, 6.45) is 4.79. The average molecular weight is 258 g/mol. The first-order valence-electron chi connectivity index (χ1n) is 6.58. The summed E-state index contributed by atoms with van der Waals surface area (Å²) in [6, 6.07) is 23.3. The monoisotopic (exact) mass is 258 g/mol. The van der Waals surface area contributed by atoms with Crippen molar-refractivity contribution < 1.29 is 5.11 Å². The molecule has 0 aliphatic rings. The van der Waals surface area contributed by atoms with Crippen molar-refractivity contribution in [1.82, 2.24) is 0 Å². The van der Waals surface area contributed by atoms with Crippen LogP contribution in [0.25, 0.3) is 16.8 Å². The van der Waals surface area contributed by atoms with Gasteiger partial charge in [-0.15, -0.1) is 0 Å². The van der Waals surface area contributed by atoms with Crippen LogP contribution in [0.15, 0.2) is 60.7 Å². The molecule has 0 aliphatic heterocycles. The second-order valence-corrected chi connectivity index (χ2v) is 4.66. The van der Waals surface area contributed by atoms with Gasteiger partial charge in [-0.2, -0.15) is 0 Å². The smallest absolute Gasteiger partial charge is 0.119 e. The van der Waals surface area contributed by atoms with Gasteiger partial charge in [0.25, 0.3) is 0 Å². The zero-order chi connectivity index (χ0) is 13.8. The minimum Gasteiger partial charge on any atom is -0.508 e. The Morgan fingerprint density at radius 2 is 1.90 bits per heavy atom. The van der Waals surface area contributed by atoms with Gasteiger partial charge in [-0.3, -0.25) is 0 Å². The minimum atomic E-state index is 0.348. The van der Waals surface area contributed by atoms with Crippen LogP contribution in [-0.4, -0.2) is 5.11 Å². The SMILES string of the molecule is Oc1ccc2ccccc2c1C/C=C/c1cc#ccc1. The number of fused-ring (bicyclic) bond motifs is 1. The zero-order valence-corrected chi connectivity index (χ0v) is 11.0. The second kappa shape index (κ2) is 5.50. The molecule has 0 unspecified atom stereocenters. The van der Waals surface area contributed by atoms with Crippen LogP contribution in [-0.2, 0) is 6.42 Å². The van der Waals surface area contributed by atoms with Gasteiger partial charge < -0.3 is 5.11 Å². The summed E-state index contributed by atoms with van der Waals surface area (Å²) in [6.45, 7) is 0. The van der Waals surface area contributed by atoms with Crippen LogP contribution >= 0.6 is 0 Å². The first kappa shape index (κ1) is 12.3. The van der Waals surface area contributed by atoms with Crippen molar-refractivity contribution in [3.8, 4) is 5.75 Å². The standard InChI is InChI=1S/C19H14O/c20-19-14-13-16-10-4-5-11-17(16)18(19)12-6-9-15-7-2-1-3-8-15/h2,4-11,13-14,20H,12H2/b9-6+. The first-order chi connectivity index (χ1) is 9.84. The number of rotatable bonds is 3. The van der Waals surface area contributed by atoms with Crippen LogP contribution in [0.5, 0.6) is 5.75 Å². The molecule has 0 heterocycles. The lowest BCUT2D eigenvalue weighted by Crippen LogP contribution is -1.86. The summed E-state index contributed by atoms with van der Waals surface area (Å²) in [5.41, 5.74) is 2.05. The third kappa shape index (κ3) is 2.50. The highest BCUT2D eigenvalue weighted by atomic mass is 16.3. The van der Waals surface area contributed by atoms with Crippen LogP contribution in [0, 0.1) is 12.1 Å². The van der Waals surface area contributed by atoms with E-state index in [1.807, 2.05) is 48.5 Å². The quantitative estimate of drug-likeness (QED) is 0.738. The number of phenols is 1. The van der Waals surface area contributed by atoms with Gasteiger partial charge in [0.05, 0.1) is 0 Å². The maximum Gasteiger partial charge on any atom is 0.119 e. The fourth-order valence-corrected chi connectivity index (χ4v) is 2.31. The van der Waals surface area contributed by atoms with Gasteiger partial charge in [-0.05, 0) is 47.0 Å². The van der Waals surface area contributed by atoms with Crippen molar-refractivity contribution in [2.45, 2.75) is 6.42 Å². The van der Waals surface area contributed by atoms with Crippen molar-refractivity contribution >= 4 is 16.8 Å². The Kier molecular flexibility index (Phi) is 3.39. The molecule has 0 atom stereocenters. The van der Waals surface area contributed by atoms with Crippen LogP contribution in [0.4, 0.5) is 0 Å². The van der Waals surface area contributed by atoms with E-state index in [4.69, 9.17) is 0 Å². The van der Waals surface area contributed by atoms with Gasteiger partial charge in [0.2, 0.25) is 0 Å². The van der Waals surface area contributed by atoms with Gasteiger partial charge in [0, 0.05) is 5.56 Å². The molecule has 0 bridgehead atoms. The molecule has 0 aliphatic carbocycles. The fraction of sp³-hybridized carbons (Fsp3) is 0.0526. The molecule has 0 fully saturated rings. The summed E-state index contributed by atoms with van der Waals surface area (Å²) < 4.78 is 0. The number of allylic oxidation sites excluding steroid dienone is 1. The molecule has 1 N–H and O–H groups in total. The van der Waals surface area contributed by atoms with Crippen molar-refractivity contribution in [3.63, 3.8) is 0 Å². The van der Waals surface area contributed by atoms with Crippen LogP contribution in [0.1, 0.15) is 11.1 Å². The second-order valence-electron chi connectivity index (χ2n) is 4.66. The van der Waals surface area contributed by atoms with E-state index in [9.17, 15) is 5.11 Å². The Morgan fingerprint density at radius 1 is 1.00 bits per heavy atom. The number of hydrogen-bond donors (Lipinski definition) is 1. The van der Waals surface area contributed by atoms with Crippen molar-refractivity contribution in [1.29, 1.82) is 0 Å². The van der Waals surface area contributed by atoms with Gasteiger partial charge in [-0.1, -0.05) is 54.6 Å². The summed E-state index contributed by atoms with van der Waals surface area (Å²) in [7, 11) is 0. The van der Waals surface area contributed by atoms with E-state index in [0.717, 1.165) is 21.9 Å². The van der Waals surface area contributed by atoms with Gasteiger partial charge in [-0.25, -0.2) is 0 Å². The van der Waals surface area contributed by atoms with Crippen molar-refractivity contribution in [2.75, 3.05) is 0 Å². The molecule has 96 valence electrons. The van der Waals surface area contributed by atoms with Crippen LogP contribution < -0.4 is 0 Å². The molecule has 3 aromatic carbocycles. The van der Waals surface area contributed by atoms with E-state index in [-0.39, 0.29) is 0 Å². The van der Waals surface area contributed by atoms with Gasteiger partial charge in [0.15, 0.2) is 0 Å². The summed E-state index contributed by atoms with van der Waals surface area (Å²) in [5.74, 6) is 0.348. The number of aromatic hydroxyl groups is 1. The Morgan fingerprint density at radius 3 is 2.75 bits per heavy atom. The summed E-state index contributed by atoms with van der Waals surface area (Å²) in [5, 5.41) is 12.3. The fourth-order valence-electron chi connectivity index (χ4n) is 2.31. The van der Waals surface area contributed by atoms with E-state index < -0.39 is 0 Å². The molecule has 0 radical (unpaired) electrons. The van der Waals surface area contributed by atoms with Gasteiger partial charge >= 0.3 is 0 Å². The Labute approximate surface area is 118 Å². The third-order valence-electron chi connectivity index (χ3n) is 3.33. The molecule has 1 heteroatoms. The van der Waals surface area contributed by atoms with E-state index in [1.165, 1.54) is 0 Å². The lowest BCUT2D eigenvalue weighted by molar-refractivity contribution is 0.471. The topological polar surface area (TPSA) is 20.2 Å². The molecule has 1 nitrogen and oxygen atoms in total. The Hall–Kier alpha value is -2.72. The average Bonchev–Trinajstić information content (AvgIpc) is 2.50. The summed E-state index contributed by atoms with van der Waals surface area (Å²) in [4.78, 5) is 0. The predicted molar refractivity (Wildman–Crippen MR) is 82.5 cm³/mol. The maximum atomic E-state index is 10.1. The summed E-state index contributed by atoms with van der Waals surface area (Å²) >= 11 is 0. The molecule has 0 aromatic heterocycles. The highest BCUT2D eigenvalue weighted by molar-refractivity contribution is 5.87. The molecule has 3 aromatic rings. The normalized spacial score (nSPS) is 10.8. The molecule has 0 saturated carbocycles. The van der Waals surface area contributed by atoms with Crippen molar-refractivity contribution in [2.24, 2.45) is 0 Å². The molecular formula is C19H14O. The number of hydrogen-bond acceptors (Lipinski definition) is 1. The zero-order valence-electron chi connectivity index (χ0n) is 11.0. The van der Waals surface area contributed by atoms with Crippen LogP contribution in [0.3, 0.4) is 0 Å². The van der Waals surface area contributed by atoms with E-state index in [1.54, 1.807) is 6.07 Å². The highest BCUT2D eigenvalue weighted by Gasteiger charge is 2.04. The Balaban J connectivity index is 1.91. The number of benzene rings is 2. The predicted octanol–water partition coefficient (Wildman–Crippen LogP) is 4.40. The third-order valence-corrected chi connectivity index (χ3v) is 3.33. The molecule has 20 heavy (non-hydrogen) atoms. The lowest BCUT2D eigenvalue weighted by atomic mass is 10.0. The maximum absolute atomic E-state index is 10.1. The van der Waals surface area contributed by atoms with E-state index >= 15 is 0 Å². The largest absolute Gasteiger partial charge is 0.508 e. The lowest BCUT2D eigenvalue weighted by Gasteiger charge is -2.06. The number of phenolic OH excluding ortho intramolecular Hbond substituents is 1. The molecule has 3 rings (SSSR count). The molecule has 0 amide bonds. The minimum absolute atomic E-state index is 0.348. The first-order valence-corrected chi connectivity index (χ1v) is 6.58. The van der Waals surface area contributed by atoms with E-state index in [0.29, 0.717) is 12.2 Å². The van der Waals surface area contributed by atoms with Crippen molar-refractivity contribution in [3.05, 3.63) is 83.9 Å². The van der Waals surface area contributed by atoms with E-state index in [2.05, 4.69) is 24.3 Å². The van der Waals surface area contributed by atoms with Gasteiger partial charge in [0.1, 0.15) is 5.75 Å². The Bertz CT molecular complexity index is 742. The molecule has 0 spiro atoms. The van der Waals surface area contributed by atoms with Crippen LogP contribution in [0.2, 0.25) is 0 Å².